The minimum atomic E-state index is -3.10. The molecule has 1 saturated heterocycles. The molecule has 32 heavy (non-hydrogen) atoms. The van der Waals surface area contributed by atoms with Crippen LogP contribution < -0.4 is 5.32 Å². The summed E-state index contributed by atoms with van der Waals surface area (Å²) in [6.45, 7) is -1.30. The highest BCUT2D eigenvalue weighted by Gasteiger charge is 2.47. The number of carbonyl (C=O) groups is 2. The van der Waals surface area contributed by atoms with E-state index in [1.807, 2.05) is 36.5 Å². The van der Waals surface area contributed by atoms with Crippen LogP contribution in [0.4, 0.5) is 8.78 Å². The number of nitriles is 1. The van der Waals surface area contributed by atoms with E-state index in [1.54, 1.807) is 22.3 Å². The summed E-state index contributed by atoms with van der Waals surface area (Å²) in [5.74, 6) is -4.40. The molecule has 1 fully saturated rings. The molecule has 4 rings (SSSR count). The number of aromatic nitrogens is 3. The first-order valence-electron chi connectivity index (χ1n) is 9.73. The first-order valence-corrected chi connectivity index (χ1v) is 10.6. The van der Waals surface area contributed by atoms with Gasteiger partial charge in [-0.15, -0.1) is 11.3 Å². The predicted octanol–water partition coefficient (Wildman–Crippen LogP) is 2.41. The summed E-state index contributed by atoms with van der Waals surface area (Å²) in [6, 6.07) is 10.1. The highest BCUT2D eigenvalue weighted by Crippen LogP contribution is 2.31. The van der Waals surface area contributed by atoms with Crippen molar-refractivity contribution in [1.29, 1.82) is 5.26 Å². The quantitative estimate of drug-likeness (QED) is 0.614. The normalized spacial score (nSPS) is 17.2. The van der Waals surface area contributed by atoms with Crippen LogP contribution in [-0.2, 0) is 11.2 Å². The first kappa shape index (κ1) is 21.6. The maximum atomic E-state index is 13.5. The molecule has 2 aromatic heterocycles. The van der Waals surface area contributed by atoms with E-state index in [1.165, 1.54) is 11.3 Å². The average Bonchev–Trinajstić information content (AvgIpc) is 3.52. The summed E-state index contributed by atoms with van der Waals surface area (Å²) < 4.78 is 28.7. The van der Waals surface area contributed by atoms with E-state index >= 15 is 0 Å². The third kappa shape index (κ3) is 4.81. The maximum absolute atomic E-state index is 13.5. The van der Waals surface area contributed by atoms with Crippen molar-refractivity contribution in [2.24, 2.45) is 0 Å². The lowest BCUT2D eigenvalue weighted by atomic mass is 10.1. The second-order valence-corrected chi connectivity index (χ2v) is 8.27. The lowest BCUT2D eigenvalue weighted by Crippen LogP contribution is -2.43. The molecule has 0 spiro atoms. The topological polar surface area (TPSA) is 104 Å². The number of benzene rings is 1. The highest BCUT2D eigenvalue weighted by atomic mass is 32.1. The smallest absolute Gasteiger partial charge is 0.271 e. The van der Waals surface area contributed by atoms with Crippen LogP contribution in [0.3, 0.4) is 0 Å². The lowest BCUT2D eigenvalue weighted by Gasteiger charge is -2.19. The van der Waals surface area contributed by atoms with Gasteiger partial charge in [0.2, 0.25) is 5.91 Å². The zero-order valence-corrected chi connectivity index (χ0v) is 17.6. The SMILES string of the molecule is N#C[C@@H]1CC(F)(F)CN1C(=O)CNC(=O)c1csc(Cc2ccc(-n3cccn3)cc2)n1. The molecule has 8 nitrogen and oxygen atoms in total. The standard InChI is InChI=1S/C21H18F2N6O2S/c22-21(23)9-16(10-24)28(13-21)19(30)11-25-20(31)17-12-32-18(27-17)8-14-2-4-15(5-3-14)29-7-1-6-26-29/h1-7,12,16H,8-9,11,13H2,(H,25,31)/t16-/m0/s1. The molecule has 0 aliphatic carbocycles. The number of hydrogen-bond donors (Lipinski definition) is 1. The zero-order valence-electron chi connectivity index (χ0n) is 16.7. The van der Waals surface area contributed by atoms with Gasteiger partial charge in [0.1, 0.15) is 11.7 Å². The Hall–Kier alpha value is -3.65. The third-order valence-electron chi connectivity index (χ3n) is 4.98. The predicted molar refractivity (Wildman–Crippen MR) is 111 cm³/mol. The van der Waals surface area contributed by atoms with Crippen LogP contribution in [0.1, 0.15) is 27.5 Å². The molecular weight excluding hydrogens is 438 g/mol. The summed E-state index contributed by atoms with van der Waals surface area (Å²) in [4.78, 5) is 29.6. The van der Waals surface area contributed by atoms with E-state index in [2.05, 4.69) is 15.4 Å². The van der Waals surface area contributed by atoms with Crippen molar-refractivity contribution in [2.75, 3.05) is 13.1 Å². The third-order valence-corrected chi connectivity index (χ3v) is 5.83. The Morgan fingerprint density at radius 1 is 1.31 bits per heavy atom. The van der Waals surface area contributed by atoms with Gasteiger partial charge in [0.25, 0.3) is 11.8 Å². The molecule has 3 heterocycles. The van der Waals surface area contributed by atoms with Crippen molar-refractivity contribution in [1.82, 2.24) is 25.0 Å². The van der Waals surface area contributed by atoms with Crippen LogP contribution in [0, 0.1) is 11.3 Å². The minimum absolute atomic E-state index is 0.148. The van der Waals surface area contributed by atoms with Crippen LogP contribution >= 0.6 is 11.3 Å². The lowest BCUT2D eigenvalue weighted by molar-refractivity contribution is -0.131. The monoisotopic (exact) mass is 456 g/mol. The molecule has 1 N–H and O–H groups in total. The van der Waals surface area contributed by atoms with Gasteiger partial charge in [-0.2, -0.15) is 10.4 Å². The number of rotatable bonds is 6. The van der Waals surface area contributed by atoms with Crippen LogP contribution in [0.15, 0.2) is 48.1 Å². The number of nitrogens with one attached hydrogen (secondary N) is 1. The second kappa shape index (κ2) is 8.84. The molecule has 2 amide bonds. The fourth-order valence-corrected chi connectivity index (χ4v) is 4.21. The van der Waals surface area contributed by atoms with Gasteiger partial charge in [0, 0.05) is 30.6 Å². The molecule has 1 aliphatic rings. The number of carbonyl (C=O) groups excluding carboxylic acids is 2. The molecule has 1 aromatic carbocycles. The second-order valence-electron chi connectivity index (χ2n) is 7.33. The summed E-state index contributed by atoms with van der Waals surface area (Å²) >= 11 is 1.31. The van der Waals surface area contributed by atoms with Crippen LogP contribution in [0.25, 0.3) is 5.69 Å². The number of nitrogens with zero attached hydrogens (tertiary/aromatic N) is 5. The molecular formula is C21H18F2N6O2S. The molecule has 0 bridgehead atoms. The van der Waals surface area contributed by atoms with E-state index < -0.39 is 43.3 Å². The van der Waals surface area contributed by atoms with E-state index in [9.17, 15) is 18.4 Å². The number of thiazole rings is 1. The molecule has 1 aliphatic heterocycles. The van der Waals surface area contributed by atoms with Crippen molar-refractivity contribution >= 4 is 23.2 Å². The molecule has 0 saturated carbocycles. The summed E-state index contributed by atoms with van der Waals surface area (Å²) in [5, 5.41) is 17.9. The van der Waals surface area contributed by atoms with Gasteiger partial charge in [0.05, 0.1) is 29.9 Å². The molecule has 0 unspecified atom stereocenters. The first-order chi connectivity index (χ1) is 15.3. The summed E-state index contributed by atoms with van der Waals surface area (Å²) in [6.07, 6.45) is 3.39. The Labute approximate surface area is 186 Å². The Balaban J connectivity index is 1.32. The van der Waals surface area contributed by atoms with Crippen molar-refractivity contribution in [3.63, 3.8) is 0 Å². The van der Waals surface area contributed by atoms with E-state index in [4.69, 9.17) is 5.26 Å². The van der Waals surface area contributed by atoms with Gasteiger partial charge in [-0.3, -0.25) is 9.59 Å². The van der Waals surface area contributed by atoms with Crippen molar-refractivity contribution in [3.8, 4) is 11.8 Å². The minimum Gasteiger partial charge on any atom is -0.342 e. The van der Waals surface area contributed by atoms with Gasteiger partial charge in [-0.25, -0.2) is 18.4 Å². The Morgan fingerprint density at radius 2 is 2.09 bits per heavy atom. The Bertz CT molecular complexity index is 1150. The van der Waals surface area contributed by atoms with Crippen LogP contribution in [0.2, 0.25) is 0 Å². The molecule has 3 aromatic rings. The number of hydrogen-bond acceptors (Lipinski definition) is 6. The highest BCUT2D eigenvalue weighted by molar-refractivity contribution is 7.09. The molecule has 164 valence electrons. The summed E-state index contributed by atoms with van der Waals surface area (Å²) in [7, 11) is 0. The fourth-order valence-electron chi connectivity index (χ4n) is 3.40. The van der Waals surface area contributed by atoms with Gasteiger partial charge < -0.3 is 10.2 Å². The fraction of sp³-hybridized carbons (Fsp3) is 0.286. The van der Waals surface area contributed by atoms with Gasteiger partial charge >= 0.3 is 0 Å². The zero-order chi connectivity index (χ0) is 22.7. The Morgan fingerprint density at radius 3 is 2.78 bits per heavy atom. The van der Waals surface area contributed by atoms with Crippen LogP contribution in [0.5, 0.6) is 0 Å². The van der Waals surface area contributed by atoms with Crippen molar-refractivity contribution in [2.45, 2.75) is 24.8 Å². The van der Waals surface area contributed by atoms with Crippen molar-refractivity contribution < 1.29 is 18.4 Å². The number of likely N-dealkylation sites (tertiary alicyclic amines) is 1. The van der Waals surface area contributed by atoms with Gasteiger partial charge in [-0.1, -0.05) is 12.1 Å². The number of halogens is 2. The van der Waals surface area contributed by atoms with Crippen molar-refractivity contribution in [3.05, 3.63) is 64.4 Å². The molecule has 1 atom stereocenters. The van der Waals surface area contributed by atoms with E-state index in [0.29, 0.717) is 6.42 Å². The largest absolute Gasteiger partial charge is 0.342 e. The average molecular weight is 456 g/mol. The van der Waals surface area contributed by atoms with E-state index in [-0.39, 0.29) is 5.69 Å². The molecule has 0 radical (unpaired) electrons. The number of amides is 2. The van der Waals surface area contributed by atoms with Gasteiger partial charge in [0.15, 0.2) is 0 Å². The van der Waals surface area contributed by atoms with Gasteiger partial charge in [-0.05, 0) is 23.8 Å². The molecule has 11 heteroatoms. The summed E-state index contributed by atoms with van der Waals surface area (Å²) in [5.41, 5.74) is 2.08. The maximum Gasteiger partial charge on any atom is 0.271 e. The van der Waals surface area contributed by atoms with E-state index in [0.717, 1.165) is 21.2 Å². The van der Waals surface area contributed by atoms with Crippen LogP contribution in [-0.4, -0.2) is 56.5 Å². The Kier molecular flexibility index (Phi) is 5.96. The number of alkyl halides is 2.